The van der Waals surface area contributed by atoms with E-state index in [2.05, 4.69) is 4.74 Å². The summed E-state index contributed by atoms with van der Waals surface area (Å²) in [6.07, 6.45) is 0. The number of nitrogens with zero attached hydrogens (tertiary/aromatic N) is 2. The highest BCUT2D eigenvalue weighted by molar-refractivity contribution is 5.75. The summed E-state index contributed by atoms with van der Waals surface area (Å²) in [5.41, 5.74) is 1.23. The number of rotatable bonds is 4. The van der Waals surface area contributed by atoms with Crippen molar-refractivity contribution >= 4 is 17.3 Å². The second kappa shape index (κ2) is 5.29. The fraction of sp³-hybridized carbons (Fsp3) is 0.364. The Kier molecular flexibility index (Phi) is 4.03. The predicted molar refractivity (Wildman–Crippen MR) is 63.1 cm³/mol. The first kappa shape index (κ1) is 13.0. The average molecular weight is 238 g/mol. The van der Waals surface area contributed by atoms with Gasteiger partial charge < -0.3 is 9.64 Å². The number of methoxy groups -OCH3 is 1. The molecule has 0 spiro atoms. The maximum Gasteiger partial charge on any atom is 0.325 e. The van der Waals surface area contributed by atoms with E-state index in [9.17, 15) is 14.9 Å². The van der Waals surface area contributed by atoms with Crippen LogP contribution in [-0.2, 0) is 9.53 Å². The minimum absolute atomic E-state index is 0.0409. The number of carbonyl (C=O) groups is 1. The highest BCUT2D eigenvalue weighted by atomic mass is 16.6. The second-order valence-electron chi connectivity index (χ2n) is 3.66. The number of nitro groups is 1. The van der Waals surface area contributed by atoms with Crippen LogP contribution in [0.4, 0.5) is 11.4 Å². The number of benzene rings is 1. The first-order valence-electron chi connectivity index (χ1n) is 4.98. The van der Waals surface area contributed by atoms with Crippen LogP contribution in [0.1, 0.15) is 5.56 Å². The van der Waals surface area contributed by atoms with Crippen molar-refractivity contribution in [2.45, 2.75) is 6.92 Å². The maximum atomic E-state index is 11.1. The molecule has 17 heavy (non-hydrogen) atoms. The molecule has 0 fully saturated rings. The number of aryl methyl sites for hydroxylation is 1. The Hall–Kier alpha value is -2.11. The van der Waals surface area contributed by atoms with Crippen molar-refractivity contribution in [3.05, 3.63) is 33.9 Å². The quantitative estimate of drug-likeness (QED) is 0.451. The molecule has 0 atom stereocenters. The number of esters is 1. The van der Waals surface area contributed by atoms with Crippen LogP contribution in [0.15, 0.2) is 18.2 Å². The number of ether oxygens (including phenoxy) is 1. The summed E-state index contributed by atoms with van der Waals surface area (Å²) < 4.78 is 4.53. The molecule has 0 aromatic heterocycles. The lowest BCUT2D eigenvalue weighted by Crippen LogP contribution is -2.26. The molecule has 0 amide bonds. The maximum absolute atomic E-state index is 11.1. The highest BCUT2D eigenvalue weighted by Crippen LogP contribution is 2.24. The van der Waals surface area contributed by atoms with Crippen molar-refractivity contribution < 1.29 is 14.5 Å². The van der Waals surface area contributed by atoms with E-state index in [0.717, 1.165) is 0 Å². The van der Waals surface area contributed by atoms with Crippen LogP contribution in [0.2, 0.25) is 0 Å². The minimum Gasteiger partial charge on any atom is -0.468 e. The number of anilines is 1. The van der Waals surface area contributed by atoms with Crippen LogP contribution in [-0.4, -0.2) is 31.6 Å². The molecule has 0 aliphatic carbocycles. The average Bonchev–Trinajstić information content (AvgIpc) is 2.28. The molecule has 0 heterocycles. The Morgan fingerprint density at radius 3 is 2.71 bits per heavy atom. The van der Waals surface area contributed by atoms with Crippen LogP contribution in [0.3, 0.4) is 0 Å². The Labute approximate surface area is 98.9 Å². The Morgan fingerprint density at radius 2 is 2.18 bits per heavy atom. The van der Waals surface area contributed by atoms with Gasteiger partial charge in [-0.2, -0.15) is 0 Å². The lowest BCUT2D eigenvalue weighted by Gasteiger charge is -2.17. The molecule has 0 saturated carbocycles. The summed E-state index contributed by atoms with van der Waals surface area (Å²) in [6, 6.07) is 4.82. The summed E-state index contributed by atoms with van der Waals surface area (Å²) in [4.78, 5) is 23.0. The van der Waals surface area contributed by atoms with Crippen molar-refractivity contribution in [1.82, 2.24) is 0 Å². The van der Waals surface area contributed by atoms with Gasteiger partial charge in [-0.15, -0.1) is 0 Å². The van der Waals surface area contributed by atoms with E-state index < -0.39 is 10.9 Å². The number of hydrogen-bond acceptors (Lipinski definition) is 5. The number of hydrogen-bond donors (Lipinski definition) is 0. The molecule has 0 radical (unpaired) electrons. The zero-order valence-corrected chi connectivity index (χ0v) is 9.97. The van der Waals surface area contributed by atoms with E-state index >= 15 is 0 Å². The zero-order valence-electron chi connectivity index (χ0n) is 9.97. The molecule has 0 aliphatic heterocycles. The van der Waals surface area contributed by atoms with E-state index in [1.807, 2.05) is 0 Å². The smallest absolute Gasteiger partial charge is 0.325 e. The van der Waals surface area contributed by atoms with Crippen LogP contribution in [0.25, 0.3) is 0 Å². The van der Waals surface area contributed by atoms with Gasteiger partial charge in [0.05, 0.1) is 12.0 Å². The lowest BCUT2D eigenvalue weighted by molar-refractivity contribution is -0.385. The summed E-state index contributed by atoms with van der Waals surface area (Å²) in [7, 11) is 2.97. The van der Waals surface area contributed by atoms with Crippen LogP contribution < -0.4 is 4.90 Å². The van der Waals surface area contributed by atoms with Gasteiger partial charge in [0.15, 0.2) is 0 Å². The Balaban J connectivity index is 2.95. The molecular weight excluding hydrogens is 224 g/mol. The van der Waals surface area contributed by atoms with Gasteiger partial charge >= 0.3 is 5.97 Å². The molecule has 1 aromatic rings. The van der Waals surface area contributed by atoms with Crippen molar-refractivity contribution in [3.63, 3.8) is 0 Å². The van der Waals surface area contributed by atoms with Crippen LogP contribution in [0, 0.1) is 17.0 Å². The van der Waals surface area contributed by atoms with Gasteiger partial charge in [0.1, 0.15) is 6.54 Å². The van der Waals surface area contributed by atoms with Gasteiger partial charge in [-0.05, 0) is 13.0 Å². The van der Waals surface area contributed by atoms with Gasteiger partial charge in [0.25, 0.3) is 5.69 Å². The molecule has 0 saturated heterocycles. The summed E-state index contributed by atoms with van der Waals surface area (Å²) in [5, 5.41) is 10.8. The third-order valence-corrected chi connectivity index (χ3v) is 2.42. The second-order valence-corrected chi connectivity index (χ2v) is 3.66. The van der Waals surface area contributed by atoms with Gasteiger partial charge in [0.2, 0.25) is 0 Å². The minimum atomic E-state index is -0.440. The lowest BCUT2D eigenvalue weighted by atomic mass is 10.2. The monoisotopic (exact) mass is 238 g/mol. The molecule has 0 bridgehead atoms. The highest BCUT2D eigenvalue weighted by Gasteiger charge is 2.14. The molecule has 6 nitrogen and oxygen atoms in total. The molecule has 1 aromatic carbocycles. The van der Waals surface area contributed by atoms with Gasteiger partial charge in [0, 0.05) is 24.4 Å². The number of nitro benzene ring substituents is 1. The van der Waals surface area contributed by atoms with Crippen molar-refractivity contribution in [1.29, 1.82) is 0 Å². The summed E-state index contributed by atoms with van der Waals surface area (Å²) in [5.74, 6) is -0.393. The first-order chi connectivity index (χ1) is 7.95. The fourth-order valence-corrected chi connectivity index (χ4v) is 1.38. The zero-order chi connectivity index (χ0) is 13.0. The summed E-state index contributed by atoms with van der Waals surface area (Å²) in [6.45, 7) is 1.72. The Morgan fingerprint density at radius 1 is 1.53 bits per heavy atom. The molecule has 6 heteroatoms. The molecule has 0 aliphatic rings. The van der Waals surface area contributed by atoms with Gasteiger partial charge in [-0.3, -0.25) is 14.9 Å². The topological polar surface area (TPSA) is 72.7 Å². The standard InChI is InChI=1S/C11H14N2O4/c1-8-4-5-9(6-10(8)13(15)16)12(2)7-11(14)17-3/h4-6H,7H2,1-3H3. The van der Waals surface area contributed by atoms with Crippen molar-refractivity contribution in [2.75, 3.05) is 25.6 Å². The first-order valence-corrected chi connectivity index (χ1v) is 4.98. The van der Waals surface area contributed by atoms with Gasteiger partial charge in [-0.25, -0.2) is 0 Å². The largest absolute Gasteiger partial charge is 0.468 e. The summed E-state index contributed by atoms with van der Waals surface area (Å²) >= 11 is 0. The molecule has 0 N–H and O–H groups in total. The normalized spacial score (nSPS) is 9.82. The Bertz CT molecular complexity index is 445. The van der Waals surface area contributed by atoms with E-state index in [-0.39, 0.29) is 12.2 Å². The number of carbonyl (C=O) groups excluding carboxylic acids is 1. The van der Waals surface area contributed by atoms with Gasteiger partial charge in [-0.1, -0.05) is 6.07 Å². The van der Waals surface area contributed by atoms with Crippen LogP contribution >= 0.6 is 0 Å². The van der Waals surface area contributed by atoms with Crippen molar-refractivity contribution in [2.24, 2.45) is 0 Å². The molecule has 92 valence electrons. The molecular formula is C11H14N2O4. The predicted octanol–water partition coefficient (Wildman–Crippen LogP) is 1.51. The van der Waals surface area contributed by atoms with Crippen LogP contribution in [0.5, 0.6) is 0 Å². The SMILES string of the molecule is COC(=O)CN(C)c1ccc(C)c([N+](=O)[O-])c1. The third kappa shape index (κ3) is 3.17. The molecule has 1 rings (SSSR count). The van der Waals surface area contributed by atoms with Crippen molar-refractivity contribution in [3.8, 4) is 0 Å². The number of likely N-dealkylation sites (N-methyl/N-ethyl adjacent to an activating group) is 1. The third-order valence-electron chi connectivity index (χ3n) is 2.42. The fourth-order valence-electron chi connectivity index (χ4n) is 1.38. The molecule has 0 unspecified atom stereocenters. The van der Waals surface area contributed by atoms with E-state index in [0.29, 0.717) is 11.3 Å². The van der Waals surface area contributed by atoms with E-state index in [4.69, 9.17) is 0 Å². The van der Waals surface area contributed by atoms with E-state index in [1.165, 1.54) is 13.2 Å². The van der Waals surface area contributed by atoms with E-state index in [1.54, 1.807) is 31.0 Å².